The van der Waals surface area contributed by atoms with E-state index in [4.69, 9.17) is 11.6 Å². The molecule has 3 N–H and O–H groups in total. The molecule has 3 rings (SSSR count). The minimum atomic E-state index is -0.111. The number of carbonyl (C=O) groups excluding carboxylic acids is 1. The Kier molecular flexibility index (Phi) is 6.22. The molecule has 27 heavy (non-hydrogen) atoms. The van der Waals surface area contributed by atoms with Gasteiger partial charge in [-0.3, -0.25) is 4.79 Å². The molecule has 2 aromatic carbocycles. The van der Waals surface area contributed by atoms with Gasteiger partial charge in [-0.15, -0.1) is 0 Å². The van der Waals surface area contributed by atoms with Crippen LogP contribution in [0.1, 0.15) is 12.5 Å². The van der Waals surface area contributed by atoms with E-state index >= 15 is 0 Å². The number of amides is 1. The topological polar surface area (TPSA) is 78.9 Å². The highest BCUT2D eigenvalue weighted by molar-refractivity contribution is 6.30. The van der Waals surface area contributed by atoms with Crippen molar-refractivity contribution in [3.63, 3.8) is 0 Å². The van der Waals surface area contributed by atoms with E-state index in [9.17, 15) is 4.79 Å². The zero-order valence-corrected chi connectivity index (χ0v) is 15.6. The summed E-state index contributed by atoms with van der Waals surface area (Å²) < 4.78 is 0. The molecule has 0 radical (unpaired) electrons. The number of halogens is 1. The Labute approximate surface area is 163 Å². The summed E-state index contributed by atoms with van der Waals surface area (Å²) in [6.45, 7) is 2.21. The minimum Gasteiger partial charge on any atom is -0.370 e. The fraction of sp³-hybridized carbons (Fsp3) is 0.150. The van der Waals surface area contributed by atoms with E-state index in [-0.39, 0.29) is 5.91 Å². The van der Waals surface area contributed by atoms with Crippen LogP contribution in [0, 0.1) is 0 Å². The number of anilines is 4. The van der Waals surface area contributed by atoms with Crippen LogP contribution >= 0.6 is 11.6 Å². The first-order valence-electron chi connectivity index (χ1n) is 8.53. The van der Waals surface area contributed by atoms with Gasteiger partial charge in [0.1, 0.15) is 18.0 Å². The molecule has 0 unspecified atom stereocenters. The van der Waals surface area contributed by atoms with Gasteiger partial charge < -0.3 is 16.0 Å². The standard InChI is InChI=1S/C20H20ClN5O/c1-14(27)25-17-6-3-7-18(11-17)26-20-12-19(23-13-24-20)22-9-8-15-4-2-5-16(21)10-15/h2-7,10-13H,8-9H2,1H3,(H,25,27)(H2,22,23,24,26). The molecule has 0 aliphatic rings. The first kappa shape index (κ1) is 18.7. The Balaban J connectivity index is 1.59. The molecule has 7 heteroatoms. The second-order valence-corrected chi connectivity index (χ2v) is 6.42. The lowest BCUT2D eigenvalue weighted by Gasteiger charge is -2.10. The van der Waals surface area contributed by atoms with Crippen LogP contribution in [0.3, 0.4) is 0 Å². The molecule has 1 heterocycles. The van der Waals surface area contributed by atoms with Crippen molar-refractivity contribution in [1.82, 2.24) is 9.97 Å². The number of hydrogen-bond acceptors (Lipinski definition) is 5. The molecule has 1 amide bonds. The van der Waals surface area contributed by atoms with Crippen LogP contribution in [-0.4, -0.2) is 22.4 Å². The number of hydrogen-bond donors (Lipinski definition) is 3. The average molecular weight is 382 g/mol. The second-order valence-electron chi connectivity index (χ2n) is 5.98. The molecular weight excluding hydrogens is 362 g/mol. The Hall–Kier alpha value is -3.12. The summed E-state index contributed by atoms with van der Waals surface area (Å²) in [5.41, 5.74) is 2.71. The van der Waals surface area contributed by atoms with E-state index in [1.807, 2.05) is 54.6 Å². The zero-order valence-electron chi connectivity index (χ0n) is 14.9. The molecule has 0 saturated heterocycles. The van der Waals surface area contributed by atoms with Gasteiger partial charge in [0.15, 0.2) is 0 Å². The van der Waals surface area contributed by atoms with Crippen LogP contribution in [0.2, 0.25) is 5.02 Å². The maximum Gasteiger partial charge on any atom is 0.221 e. The number of carbonyl (C=O) groups is 1. The van der Waals surface area contributed by atoms with Crippen LogP contribution in [0.5, 0.6) is 0 Å². The smallest absolute Gasteiger partial charge is 0.221 e. The van der Waals surface area contributed by atoms with Gasteiger partial charge in [0.2, 0.25) is 5.91 Å². The Morgan fingerprint density at radius 2 is 1.78 bits per heavy atom. The largest absolute Gasteiger partial charge is 0.370 e. The molecule has 0 aliphatic heterocycles. The van der Waals surface area contributed by atoms with Gasteiger partial charge in [0, 0.05) is 35.9 Å². The SMILES string of the molecule is CC(=O)Nc1cccc(Nc2cc(NCCc3cccc(Cl)c3)ncn2)c1. The molecule has 0 fully saturated rings. The summed E-state index contributed by atoms with van der Waals surface area (Å²) in [7, 11) is 0. The minimum absolute atomic E-state index is 0.111. The lowest BCUT2D eigenvalue weighted by atomic mass is 10.1. The summed E-state index contributed by atoms with van der Waals surface area (Å²) in [5, 5.41) is 9.99. The molecule has 0 atom stereocenters. The lowest BCUT2D eigenvalue weighted by molar-refractivity contribution is -0.114. The van der Waals surface area contributed by atoms with E-state index in [0.717, 1.165) is 40.7 Å². The molecule has 1 aromatic heterocycles. The van der Waals surface area contributed by atoms with Crippen molar-refractivity contribution >= 4 is 40.5 Å². The van der Waals surface area contributed by atoms with Crippen LogP contribution < -0.4 is 16.0 Å². The third-order valence-electron chi connectivity index (χ3n) is 3.73. The average Bonchev–Trinajstić information content (AvgIpc) is 2.62. The number of nitrogens with one attached hydrogen (secondary N) is 3. The summed E-state index contributed by atoms with van der Waals surface area (Å²) in [4.78, 5) is 19.7. The monoisotopic (exact) mass is 381 g/mol. The van der Waals surface area contributed by atoms with Crippen molar-refractivity contribution in [2.75, 3.05) is 22.5 Å². The fourth-order valence-electron chi connectivity index (χ4n) is 2.58. The number of rotatable bonds is 7. The first-order valence-corrected chi connectivity index (χ1v) is 8.91. The maximum absolute atomic E-state index is 11.2. The van der Waals surface area contributed by atoms with E-state index in [2.05, 4.69) is 25.9 Å². The maximum atomic E-state index is 11.2. The summed E-state index contributed by atoms with van der Waals surface area (Å²) in [6.07, 6.45) is 2.34. The van der Waals surface area contributed by atoms with Crippen LogP contribution in [0.25, 0.3) is 0 Å². The van der Waals surface area contributed by atoms with E-state index in [1.165, 1.54) is 13.3 Å². The van der Waals surface area contributed by atoms with E-state index < -0.39 is 0 Å². The Morgan fingerprint density at radius 3 is 2.59 bits per heavy atom. The van der Waals surface area contributed by atoms with Crippen molar-refractivity contribution in [3.8, 4) is 0 Å². The van der Waals surface area contributed by atoms with Crippen molar-refractivity contribution in [2.24, 2.45) is 0 Å². The van der Waals surface area contributed by atoms with Crippen molar-refractivity contribution < 1.29 is 4.79 Å². The quantitative estimate of drug-likeness (QED) is 0.562. The number of benzene rings is 2. The molecule has 0 aliphatic carbocycles. The fourth-order valence-corrected chi connectivity index (χ4v) is 2.79. The molecule has 0 bridgehead atoms. The third kappa shape index (κ3) is 5.97. The number of aromatic nitrogens is 2. The highest BCUT2D eigenvalue weighted by atomic mass is 35.5. The van der Waals surface area contributed by atoms with Gasteiger partial charge >= 0.3 is 0 Å². The lowest BCUT2D eigenvalue weighted by Crippen LogP contribution is -2.07. The first-order chi connectivity index (χ1) is 13.1. The summed E-state index contributed by atoms with van der Waals surface area (Å²) in [5.74, 6) is 1.28. The summed E-state index contributed by atoms with van der Waals surface area (Å²) in [6, 6.07) is 17.1. The van der Waals surface area contributed by atoms with Crippen molar-refractivity contribution in [1.29, 1.82) is 0 Å². The predicted octanol–water partition coefficient (Wildman–Crippen LogP) is 4.49. The molecule has 3 aromatic rings. The van der Waals surface area contributed by atoms with Crippen molar-refractivity contribution in [2.45, 2.75) is 13.3 Å². The van der Waals surface area contributed by atoms with Gasteiger partial charge in [-0.2, -0.15) is 0 Å². The Morgan fingerprint density at radius 1 is 1.00 bits per heavy atom. The van der Waals surface area contributed by atoms with Gasteiger partial charge in [0.25, 0.3) is 0 Å². The van der Waals surface area contributed by atoms with Gasteiger partial charge in [-0.05, 0) is 42.3 Å². The molecule has 6 nitrogen and oxygen atoms in total. The van der Waals surface area contributed by atoms with Crippen LogP contribution in [0.4, 0.5) is 23.0 Å². The second kappa shape index (κ2) is 9.00. The van der Waals surface area contributed by atoms with Crippen molar-refractivity contribution in [3.05, 3.63) is 71.5 Å². The van der Waals surface area contributed by atoms with E-state index in [1.54, 1.807) is 0 Å². The third-order valence-corrected chi connectivity index (χ3v) is 3.97. The zero-order chi connectivity index (χ0) is 19.1. The van der Waals surface area contributed by atoms with Gasteiger partial charge in [0.05, 0.1) is 0 Å². The van der Waals surface area contributed by atoms with Crippen LogP contribution in [-0.2, 0) is 11.2 Å². The Bertz CT molecular complexity index is 932. The molecule has 0 saturated carbocycles. The van der Waals surface area contributed by atoms with E-state index in [0.29, 0.717) is 5.82 Å². The molecule has 0 spiro atoms. The predicted molar refractivity (Wildman–Crippen MR) is 110 cm³/mol. The van der Waals surface area contributed by atoms with Crippen LogP contribution in [0.15, 0.2) is 60.9 Å². The number of nitrogens with zero attached hydrogens (tertiary/aromatic N) is 2. The molecule has 138 valence electrons. The normalized spacial score (nSPS) is 10.3. The molecular formula is C20H20ClN5O. The summed E-state index contributed by atoms with van der Waals surface area (Å²) >= 11 is 6.01. The van der Waals surface area contributed by atoms with Gasteiger partial charge in [-0.25, -0.2) is 9.97 Å². The highest BCUT2D eigenvalue weighted by Crippen LogP contribution is 2.20. The van der Waals surface area contributed by atoms with Gasteiger partial charge in [-0.1, -0.05) is 29.8 Å². The highest BCUT2D eigenvalue weighted by Gasteiger charge is 2.02.